The van der Waals surface area contributed by atoms with Crippen molar-refractivity contribution in [2.24, 2.45) is 17.8 Å². The molecule has 2 rings (SSSR count). The molecule has 0 bridgehead atoms. The van der Waals surface area contributed by atoms with E-state index >= 15 is 0 Å². The summed E-state index contributed by atoms with van der Waals surface area (Å²) in [5.74, 6) is -1.96. The number of carbonyl (C=O) groups excluding carboxylic acids is 2. The monoisotopic (exact) mass is 354 g/mol. The molecular weight excluding hydrogens is 324 g/mol. The van der Waals surface area contributed by atoms with E-state index in [1.54, 1.807) is 4.90 Å². The Morgan fingerprint density at radius 1 is 1.24 bits per heavy atom. The summed E-state index contributed by atoms with van der Waals surface area (Å²) in [5.41, 5.74) is -0.554. The zero-order valence-corrected chi connectivity index (χ0v) is 15.6. The Balaban J connectivity index is 1.93. The molecule has 2 N–H and O–H groups in total. The molecule has 0 spiro atoms. The van der Waals surface area contributed by atoms with Gasteiger partial charge in [-0.2, -0.15) is 0 Å². The quantitative estimate of drug-likeness (QED) is 0.789. The van der Waals surface area contributed by atoms with E-state index in [0.717, 1.165) is 12.8 Å². The molecule has 0 aromatic carbocycles. The lowest BCUT2D eigenvalue weighted by molar-refractivity contribution is -0.148. The number of amides is 2. The van der Waals surface area contributed by atoms with Gasteiger partial charge in [-0.25, -0.2) is 4.79 Å². The Hall–Kier alpha value is -1.79. The lowest BCUT2D eigenvalue weighted by Gasteiger charge is -2.39. The van der Waals surface area contributed by atoms with Crippen molar-refractivity contribution in [1.82, 2.24) is 10.2 Å². The SMILES string of the molecule is CC1CN(C(=O)OC(C)(C)C)CCC1C(CC(=O)NC1CC1)C(=O)O. The van der Waals surface area contributed by atoms with E-state index in [0.29, 0.717) is 19.5 Å². The molecule has 7 heteroatoms. The van der Waals surface area contributed by atoms with Gasteiger partial charge in [0, 0.05) is 25.6 Å². The van der Waals surface area contributed by atoms with Crippen LogP contribution in [0.1, 0.15) is 53.4 Å². The van der Waals surface area contributed by atoms with Gasteiger partial charge in [0.15, 0.2) is 0 Å². The molecule has 2 amide bonds. The van der Waals surface area contributed by atoms with Gasteiger partial charge >= 0.3 is 12.1 Å². The van der Waals surface area contributed by atoms with Crippen LogP contribution >= 0.6 is 0 Å². The number of ether oxygens (including phenoxy) is 1. The largest absolute Gasteiger partial charge is 0.481 e. The lowest BCUT2D eigenvalue weighted by atomic mass is 9.76. The zero-order chi connectivity index (χ0) is 18.8. The van der Waals surface area contributed by atoms with Crippen LogP contribution in [0.15, 0.2) is 0 Å². The second kappa shape index (κ2) is 7.62. The second-order valence-electron chi connectivity index (χ2n) is 8.35. The van der Waals surface area contributed by atoms with E-state index in [2.05, 4.69) is 5.32 Å². The van der Waals surface area contributed by atoms with Gasteiger partial charge in [-0.15, -0.1) is 0 Å². The fourth-order valence-corrected chi connectivity index (χ4v) is 3.39. The van der Waals surface area contributed by atoms with Crippen molar-refractivity contribution in [2.75, 3.05) is 13.1 Å². The number of carboxylic acid groups (broad SMARTS) is 1. The Morgan fingerprint density at radius 3 is 2.36 bits per heavy atom. The summed E-state index contributed by atoms with van der Waals surface area (Å²) in [6.07, 6.45) is 2.17. The van der Waals surface area contributed by atoms with Gasteiger partial charge in [-0.3, -0.25) is 9.59 Å². The Morgan fingerprint density at radius 2 is 1.88 bits per heavy atom. The fraction of sp³-hybridized carbons (Fsp3) is 0.833. The van der Waals surface area contributed by atoms with E-state index in [1.165, 1.54) is 0 Å². The molecule has 2 fully saturated rings. The lowest BCUT2D eigenvalue weighted by Crippen LogP contribution is -2.48. The number of carboxylic acids is 1. The van der Waals surface area contributed by atoms with E-state index in [-0.39, 0.29) is 36.3 Å². The van der Waals surface area contributed by atoms with Crippen LogP contribution in [-0.4, -0.2) is 52.7 Å². The van der Waals surface area contributed by atoms with Gasteiger partial charge in [-0.05, 0) is 51.9 Å². The number of aliphatic carboxylic acids is 1. The van der Waals surface area contributed by atoms with Gasteiger partial charge in [0.1, 0.15) is 5.60 Å². The van der Waals surface area contributed by atoms with Crippen molar-refractivity contribution in [1.29, 1.82) is 0 Å². The van der Waals surface area contributed by atoms with Gasteiger partial charge in [0.2, 0.25) is 5.91 Å². The summed E-state index contributed by atoms with van der Waals surface area (Å²) in [5, 5.41) is 12.4. The maximum Gasteiger partial charge on any atom is 0.410 e. The van der Waals surface area contributed by atoms with Crippen LogP contribution in [0.4, 0.5) is 4.79 Å². The number of likely N-dealkylation sites (tertiary alicyclic amines) is 1. The molecule has 0 aromatic rings. The predicted octanol–water partition coefficient (Wildman–Crippen LogP) is 2.25. The first kappa shape index (κ1) is 19.5. The summed E-state index contributed by atoms with van der Waals surface area (Å²) < 4.78 is 5.39. The number of hydrogen-bond acceptors (Lipinski definition) is 4. The third-order valence-electron chi connectivity index (χ3n) is 4.81. The number of hydrogen-bond donors (Lipinski definition) is 2. The maximum atomic E-state index is 12.2. The van der Waals surface area contributed by atoms with E-state index in [4.69, 9.17) is 4.74 Å². The predicted molar refractivity (Wildman–Crippen MR) is 92.0 cm³/mol. The summed E-state index contributed by atoms with van der Waals surface area (Å²) in [7, 11) is 0. The summed E-state index contributed by atoms with van der Waals surface area (Å²) >= 11 is 0. The molecule has 7 nitrogen and oxygen atoms in total. The van der Waals surface area contributed by atoms with E-state index in [1.807, 2.05) is 27.7 Å². The molecule has 25 heavy (non-hydrogen) atoms. The number of rotatable bonds is 5. The Bertz CT molecular complexity index is 524. The molecule has 1 saturated carbocycles. The molecule has 1 heterocycles. The minimum absolute atomic E-state index is 0.00362. The normalized spacial score (nSPS) is 25.2. The molecular formula is C18H30N2O5. The second-order valence-corrected chi connectivity index (χ2v) is 8.35. The van der Waals surface area contributed by atoms with Crippen LogP contribution in [0.2, 0.25) is 0 Å². The van der Waals surface area contributed by atoms with Crippen LogP contribution in [0.5, 0.6) is 0 Å². The van der Waals surface area contributed by atoms with Crippen LogP contribution in [0, 0.1) is 17.8 Å². The molecule has 0 aromatic heterocycles. The molecule has 142 valence electrons. The van der Waals surface area contributed by atoms with Crippen molar-refractivity contribution < 1.29 is 24.2 Å². The average molecular weight is 354 g/mol. The first-order chi connectivity index (χ1) is 11.6. The average Bonchev–Trinajstić information content (AvgIpc) is 3.27. The van der Waals surface area contributed by atoms with Crippen molar-refractivity contribution in [2.45, 2.75) is 65.0 Å². The molecule has 1 aliphatic heterocycles. The summed E-state index contributed by atoms with van der Waals surface area (Å²) in [6, 6.07) is 0.230. The van der Waals surface area contributed by atoms with Crippen LogP contribution in [0.25, 0.3) is 0 Å². The van der Waals surface area contributed by atoms with E-state index < -0.39 is 17.5 Å². The fourth-order valence-electron chi connectivity index (χ4n) is 3.39. The molecule has 0 radical (unpaired) electrons. The standard InChI is InChI=1S/C18H30N2O5/c1-11-10-20(17(24)25-18(2,3)4)8-7-13(11)14(16(22)23)9-15(21)19-12-5-6-12/h11-14H,5-10H2,1-4H3,(H,19,21)(H,22,23). The first-order valence-electron chi connectivity index (χ1n) is 9.07. The van der Waals surface area contributed by atoms with Gasteiger partial charge < -0.3 is 20.1 Å². The highest BCUT2D eigenvalue weighted by Crippen LogP contribution is 2.33. The highest BCUT2D eigenvalue weighted by molar-refractivity contribution is 5.82. The zero-order valence-electron chi connectivity index (χ0n) is 15.6. The van der Waals surface area contributed by atoms with Gasteiger partial charge in [0.25, 0.3) is 0 Å². The summed E-state index contributed by atoms with van der Waals surface area (Å²) in [4.78, 5) is 37.6. The topological polar surface area (TPSA) is 95.9 Å². The smallest absolute Gasteiger partial charge is 0.410 e. The minimum Gasteiger partial charge on any atom is -0.481 e. The van der Waals surface area contributed by atoms with Crippen molar-refractivity contribution in [3.8, 4) is 0 Å². The third-order valence-corrected chi connectivity index (χ3v) is 4.81. The summed E-state index contributed by atoms with van der Waals surface area (Å²) in [6.45, 7) is 8.31. The van der Waals surface area contributed by atoms with Gasteiger partial charge in [-0.1, -0.05) is 6.92 Å². The molecule has 1 saturated heterocycles. The first-order valence-corrected chi connectivity index (χ1v) is 9.07. The van der Waals surface area contributed by atoms with Crippen molar-refractivity contribution in [3.05, 3.63) is 0 Å². The molecule has 3 atom stereocenters. The number of carbonyl (C=O) groups is 3. The Kier molecular flexibility index (Phi) is 5.95. The third kappa shape index (κ3) is 5.90. The number of nitrogens with one attached hydrogen (secondary N) is 1. The van der Waals surface area contributed by atoms with Crippen LogP contribution in [-0.2, 0) is 14.3 Å². The highest BCUT2D eigenvalue weighted by Gasteiger charge is 2.39. The van der Waals surface area contributed by atoms with Crippen LogP contribution < -0.4 is 5.32 Å². The Labute approximate surface area is 149 Å². The molecule has 3 unspecified atom stereocenters. The highest BCUT2D eigenvalue weighted by atomic mass is 16.6. The van der Waals surface area contributed by atoms with Crippen molar-refractivity contribution >= 4 is 18.0 Å². The van der Waals surface area contributed by atoms with Crippen molar-refractivity contribution in [3.63, 3.8) is 0 Å². The maximum absolute atomic E-state index is 12.2. The molecule has 1 aliphatic carbocycles. The van der Waals surface area contributed by atoms with E-state index in [9.17, 15) is 19.5 Å². The number of piperidine rings is 1. The molecule has 2 aliphatic rings. The van der Waals surface area contributed by atoms with Crippen LogP contribution in [0.3, 0.4) is 0 Å². The van der Waals surface area contributed by atoms with Gasteiger partial charge in [0.05, 0.1) is 5.92 Å². The number of nitrogens with zero attached hydrogens (tertiary/aromatic N) is 1. The minimum atomic E-state index is -0.937.